The van der Waals surface area contributed by atoms with Crippen LogP contribution in [0, 0.1) is 0 Å². The molecule has 1 saturated heterocycles. The number of hydrogen-bond donors (Lipinski definition) is 1. The molecule has 1 rings (SSSR count). The van der Waals surface area contributed by atoms with Gasteiger partial charge in [-0.1, -0.05) is 22.6 Å². The Bertz CT molecular complexity index is 128. The van der Waals surface area contributed by atoms with Crippen molar-refractivity contribution in [2.45, 2.75) is 10.3 Å². The van der Waals surface area contributed by atoms with E-state index in [2.05, 4.69) is 22.6 Å². The van der Waals surface area contributed by atoms with Crippen LogP contribution in [0.2, 0.25) is 0 Å². The molecule has 0 aromatic carbocycles. The molecule has 1 heterocycles. The normalized spacial score (nSPS) is 26.8. The Morgan fingerprint density at radius 2 is 2.44 bits per heavy atom. The van der Waals surface area contributed by atoms with Crippen molar-refractivity contribution in [1.82, 2.24) is 4.90 Å². The average molecular weight is 241 g/mol. The fourth-order valence-electron chi connectivity index (χ4n) is 0.891. The van der Waals surface area contributed by atoms with Gasteiger partial charge in [-0.2, -0.15) is 0 Å². The zero-order chi connectivity index (χ0) is 6.85. The highest BCUT2D eigenvalue weighted by atomic mass is 127. The number of alkyl halides is 1. The zero-order valence-corrected chi connectivity index (χ0v) is 7.04. The molecular weight excluding hydrogens is 233 g/mol. The first-order chi connectivity index (χ1) is 4.20. The molecule has 0 aromatic rings. The number of amides is 1. The Morgan fingerprint density at radius 1 is 1.78 bits per heavy atom. The third kappa shape index (κ3) is 1.70. The van der Waals surface area contributed by atoms with Gasteiger partial charge in [0, 0.05) is 17.0 Å². The second-order valence-electron chi connectivity index (χ2n) is 2.11. The van der Waals surface area contributed by atoms with Gasteiger partial charge in [0.05, 0.1) is 0 Å². The SMILES string of the molecule is O=C(O)N1CC[C@H](I)C1. The summed E-state index contributed by atoms with van der Waals surface area (Å²) in [6.07, 6.45) is 0.224. The van der Waals surface area contributed by atoms with E-state index in [4.69, 9.17) is 5.11 Å². The molecule has 0 saturated carbocycles. The maximum Gasteiger partial charge on any atom is 0.407 e. The monoisotopic (exact) mass is 241 g/mol. The maximum atomic E-state index is 10.3. The number of halogens is 1. The van der Waals surface area contributed by atoms with Crippen molar-refractivity contribution in [3.05, 3.63) is 0 Å². The summed E-state index contributed by atoms with van der Waals surface area (Å²) >= 11 is 2.28. The summed E-state index contributed by atoms with van der Waals surface area (Å²) in [4.78, 5) is 11.7. The van der Waals surface area contributed by atoms with E-state index in [1.807, 2.05) is 0 Å². The lowest BCUT2D eigenvalue weighted by atomic mass is 10.4. The van der Waals surface area contributed by atoms with Gasteiger partial charge in [-0.3, -0.25) is 0 Å². The Morgan fingerprint density at radius 3 is 2.67 bits per heavy atom. The van der Waals surface area contributed by atoms with Crippen LogP contribution in [-0.4, -0.2) is 33.1 Å². The van der Waals surface area contributed by atoms with E-state index < -0.39 is 6.09 Å². The maximum absolute atomic E-state index is 10.3. The van der Waals surface area contributed by atoms with Crippen LogP contribution < -0.4 is 0 Å². The second kappa shape index (κ2) is 2.72. The quantitative estimate of drug-likeness (QED) is 0.511. The first-order valence-corrected chi connectivity index (χ1v) is 4.06. The molecule has 0 unspecified atom stereocenters. The highest BCUT2D eigenvalue weighted by molar-refractivity contribution is 14.1. The molecule has 0 aromatic heterocycles. The summed E-state index contributed by atoms with van der Waals surface area (Å²) in [5.41, 5.74) is 0. The van der Waals surface area contributed by atoms with E-state index >= 15 is 0 Å². The number of rotatable bonds is 0. The molecule has 1 aliphatic heterocycles. The third-order valence-electron chi connectivity index (χ3n) is 1.40. The lowest BCUT2D eigenvalue weighted by Crippen LogP contribution is -2.26. The van der Waals surface area contributed by atoms with Crippen LogP contribution in [0.4, 0.5) is 4.79 Å². The minimum Gasteiger partial charge on any atom is -0.465 e. The predicted octanol–water partition coefficient (Wildman–Crippen LogP) is 1.17. The van der Waals surface area contributed by atoms with E-state index in [1.54, 1.807) is 0 Å². The Balaban J connectivity index is 2.39. The smallest absolute Gasteiger partial charge is 0.407 e. The van der Waals surface area contributed by atoms with Crippen LogP contribution in [0.1, 0.15) is 6.42 Å². The van der Waals surface area contributed by atoms with Gasteiger partial charge in [0.15, 0.2) is 0 Å². The number of hydrogen-bond acceptors (Lipinski definition) is 1. The van der Waals surface area contributed by atoms with Crippen molar-refractivity contribution >= 4 is 28.7 Å². The van der Waals surface area contributed by atoms with Gasteiger partial charge in [0.2, 0.25) is 0 Å². The third-order valence-corrected chi connectivity index (χ3v) is 2.42. The molecule has 1 amide bonds. The van der Waals surface area contributed by atoms with Gasteiger partial charge in [-0.05, 0) is 6.42 Å². The molecule has 3 nitrogen and oxygen atoms in total. The zero-order valence-electron chi connectivity index (χ0n) is 4.88. The molecule has 9 heavy (non-hydrogen) atoms. The van der Waals surface area contributed by atoms with E-state index in [0.29, 0.717) is 17.0 Å². The van der Waals surface area contributed by atoms with Gasteiger partial charge < -0.3 is 10.0 Å². The summed E-state index contributed by atoms with van der Waals surface area (Å²) in [7, 11) is 0. The topological polar surface area (TPSA) is 40.5 Å². The van der Waals surface area contributed by atoms with Gasteiger partial charge >= 0.3 is 6.09 Å². The molecule has 1 atom stereocenters. The minimum absolute atomic E-state index is 0.527. The fraction of sp³-hybridized carbons (Fsp3) is 0.800. The predicted molar refractivity (Wildman–Crippen MR) is 42.0 cm³/mol. The van der Waals surface area contributed by atoms with Crippen molar-refractivity contribution in [2.24, 2.45) is 0 Å². The molecular formula is C5H8INO2. The Kier molecular flexibility index (Phi) is 2.15. The van der Waals surface area contributed by atoms with Crippen molar-refractivity contribution in [3.63, 3.8) is 0 Å². The van der Waals surface area contributed by atoms with Crippen LogP contribution in [0.25, 0.3) is 0 Å². The lowest BCUT2D eigenvalue weighted by molar-refractivity contribution is 0.156. The second-order valence-corrected chi connectivity index (χ2v) is 3.88. The van der Waals surface area contributed by atoms with Crippen LogP contribution in [0.15, 0.2) is 0 Å². The van der Waals surface area contributed by atoms with Crippen LogP contribution >= 0.6 is 22.6 Å². The van der Waals surface area contributed by atoms with Gasteiger partial charge in [-0.15, -0.1) is 0 Å². The van der Waals surface area contributed by atoms with Gasteiger partial charge in [0.25, 0.3) is 0 Å². The van der Waals surface area contributed by atoms with Gasteiger partial charge in [-0.25, -0.2) is 4.79 Å². The molecule has 0 aliphatic carbocycles. The summed E-state index contributed by atoms with van der Waals surface area (Å²) < 4.78 is 0.527. The van der Waals surface area contributed by atoms with Crippen molar-refractivity contribution in [3.8, 4) is 0 Å². The highest BCUT2D eigenvalue weighted by Crippen LogP contribution is 2.16. The fourth-order valence-corrected chi connectivity index (χ4v) is 1.65. The van der Waals surface area contributed by atoms with Crippen LogP contribution in [0.3, 0.4) is 0 Å². The molecule has 1 N–H and O–H groups in total. The Hall–Kier alpha value is 0. The summed E-state index contributed by atoms with van der Waals surface area (Å²) in [5.74, 6) is 0. The number of carboxylic acid groups (broad SMARTS) is 1. The number of nitrogens with zero attached hydrogens (tertiary/aromatic N) is 1. The molecule has 1 aliphatic rings. The molecule has 52 valence electrons. The van der Waals surface area contributed by atoms with Crippen molar-refractivity contribution in [1.29, 1.82) is 0 Å². The summed E-state index contributed by atoms with van der Waals surface area (Å²) in [6.45, 7) is 1.42. The van der Waals surface area contributed by atoms with E-state index in [1.165, 1.54) is 4.90 Å². The average Bonchev–Trinajstić information content (AvgIpc) is 2.14. The molecule has 1 fully saturated rings. The largest absolute Gasteiger partial charge is 0.465 e. The lowest BCUT2D eigenvalue weighted by Gasteiger charge is -2.08. The van der Waals surface area contributed by atoms with Gasteiger partial charge in [0.1, 0.15) is 0 Å². The standard InChI is InChI=1S/C5H8INO2/c6-4-1-2-7(3-4)5(8)9/h4H,1-3H2,(H,8,9)/t4-/m0/s1. The molecule has 0 radical (unpaired) electrons. The van der Waals surface area contributed by atoms with E-state index in [0.717, 1.165) is 6.42 Å². The minimum atomic E-state index is -0.783. The number of likely N-dealkylation sites (tertiary alicyclic amines) is 1. The van der Waals surface area contributed by atoms with Crippen molar-refractivity contribution in [2.75, 3.05) is 13.1 Å². The highest BCUT2D eigenvalue weighted by Gasteiger charge is 2.22. The Labute approximate surface area is 67.2 Å². The first-order valence-electron chi connectivity index (χ1n) is 2.82. The first kappa shape index (κ1) is 7.11. The summed E-state index contributed by atoms with van der Waals surface area (Å²) in [5, 5.41) is 8.45. The van der Waals surface area contributed by atoms with Crippen molar-refractivity contribution < 1.29 is 9.90 Å². The molecule has 0 bridgehead atoms. The number of carbonyl (C=O) groups is 1. The summed E-state index contributed by atoms with van der Waals surface area (Å²) in [6, 6.07) is 0. The van der Waals surface area contributed by atoms with E-state index in [-0.39, 0.29) is 0 Å². The molecule has 0 spiro atoms. The van der Waals surface area contributed by atoms with Crippen LogP contribution in [0.5, 0.6) is 0 Å². The van der Waals surface area contributed by atoms with Crippen LogP contribution in [-0.2, 0) is 0 Å². The van der Waals surface area contributed by atoms with E-state index in [9.17, 15) is 4.79 Å². The molecule has 4 heteroatoms.